The smallest absolute Gasteiger partial charge is 0.166 e. The third-order valence-corrected chi connectivity index (χ3v) is 7.10. The Labute approximate surface area is 216 Å². The van der Waals surface area contributed by atoms with Gasteiger partial charge in [-0.2, -0.15) is 5.10 Å². The summed E-state index contributed by atoms with van der Waals surface area (Å²) < 4.78 is 29.1. The van der Waals surface area contributed by atoms with E-state index in [0.717, 1.165) is 35.9 Å². The van der Waals surface area contributed by atoms with Gasteiger partial charge in [0.2, 0.25) is 0 Å². The second-order valence-electron chi connectivity index (χ2n) is 11.2. The van der Waals surface area contributed by atoms with Gasteiger partial charge in [-0.1, -0.05) is 24.3 Å². The van der Waals surface area contributed by atoms with Gasteiger partial charge in [-0.15, -0.1) is 10.2 Å². The van der Waals surface area contributed by atoms with Crippen molar-refractivity contribution in [1.29, 1.82) is 0 Å². The van der Waals surface area contributed by atoms with Crippen LogP contribution in [0.15, 0.2) is 60.9 Å². The van der Waals surface area contributed by atoms with Crippen molar-refractivity contribution < 1.29 is 8.78 Å². The molecule has 0 bridgehead atoms. The molecular weight excluding hydrogens is 470 g/mol. The SMILES string of the molecule is CN(c1ccc(-c2ccc(-c3cn[nH]c3)cc2-c2cccc(F)c2F)nn1)C1CC(C)(C)NC(C)(C)C1. The summed E-state index contributed by atoms with van der Waals surface area (Å²) in [6.45, 7) is 8.90. The number of aromatic nitrogens is 4. The molecule has 0 aliphatic carbocycles. The molecule has 0 amide bonds. The average molecular weight is 503 g/mol. The molecule has 1 saturated heterocycles. The number of nitrogens with zero attached hydrogens (tertiary/aromatic N) is 4. The number of aromatic amines is 1. The number of anilines is 1. The number of nitrogens with one attached hydrogen (secondary N) is 2. The fraction of sp³-hybridized carbons (Fsp3) is 0.345. The second kappa shape index (κ2) is 9.34. The Bertz CT molecular complexity index is 1380. The zero-order chi connectivity index (χ0) is 26.4. The van der Waals surface area contributed by atoms with Gasteiger partial charge in [0.25, 0.3) is 0 Å². The van der Waals surface area contributed by atoms with Crippen LogP contribution in [-0.4, -0.2) is 44.6 Å². The molecule has 1 fully saturated rings. The van der Waals surface area contributed by atoms with E-state index in [0.29, 0.717) is 22.9 Å². The average Bonchev–Trinajstić information content (AvgIpc) is 3.38. The Kier molecular flexibility index (Phi) is 6.31. The van der Waals surface area contributed by atoms with Gasteiger partial charge in [-0.25, -0.2) is 8.78 Å². The van der Waals surface area contributed by atoms with Crippen LogP contribution < -0.4 is 10.2 Å². The maximum Gasteiger partial charge on any atom is 0.166 e. The predicted octanol–water partition coefficient (Wildman–Crippen LogP) is 6.22. The van der Waals surface area contributed by atoms with Crippen molar-refractivity contribution in [3.8, 4) is 33.5 Å². The van der Waals surface area contributed by atoms with Crippen LogP contribution >= 0.6 is 0 Å². The molecule has 2 aromatic carbocycles. The van der Waals surface area contributed by atoms with E-state index in [1.807, 2.05) is 30.3 Å². The minimum Gasteiger partial charge on any atom is -0.355 e. The van der Waals surface area contributed by atoms with Gasteiger partial charge >= 0.3 is 0 Å². The van der Waals surface area contributed by atoms with E-state index < -0.39 is 11.6 Å². The van der Waals surface area contributed by atoms with Crippen LogP contribution in [-0.2, 0) is 0 Å². The molecule has 8 heteroatoms. The Morgan fingerprint density at radius 3 is 2.27 bits per heavy atom. The van der Waals surface area contributed by atoms with Crippen molar-refractivity contribution in [2.45, 2.75) is 57.7 Å². The first-order chi connectivity index (χ1) is 17.5. The molecule has 0 saturated carbocycles. The van der Waals surface area contributed by atoms with Crippen LogP contribution in [0.25, 0.3) is 33.5 Å². The van der Waals surface area contributed by atoms with Gasteiger partial charge in [0.15, 0.2) is 17.5 Å². The lowest BCUT2D eigenvalue weighted by Gasteiger charge is -2.49. The van der Waals surface area contributed by atoms with Crippen LogP contribution in [0.2, 0.25) is 0 Å². The normalized spacial score (nSPS) is 17.1. The van der Waals surface area contributed by atoms with Crippen molar-refractivity contribution in [3.63, 3.8) is 0 Å². The lowest BCUT2D eigenvalue weighted by atomic mass is 9.79. The molecular formula is C29H32F2N6. The third-order valence-electron chi connectivity index (χ3n) is 7.10. The maximum absolute atomic E-state index is 14.9. The zero-order valence-electron chi connectivity index (χ0n) is 21.8. The highest BCUT2D eigenvalue weighted by molar-refractivity contribution is 5.86. The first-order valence-electron chi connectivity index (χ1n) is 12.5. The molecule has 2 aromatic heterocycles. The van der Waals surface area contributed by atoms with E-state index in [2.05, 4.69) is 65.4 Å². The quantitative estimate of drug-likeness (QED) is 0.339. The topological polar surface area (TPSA) is 69.7 Å². The molecule has 4 aromatic rings. The van der Waals surface area contributed by atoms with E-state index in [1.165, 1.54) is 6.07 Å². The predicted molar refractivity (Wildman–Crippen MR) is 143 cm³/mol. The van der Waals surface area contributed by atoms with Crippen molar-refractivity contribution in [3.05, 3.63) is 72.6 Å². The third kappa shape index (κ3) is 5.11. The molecule has 1 aliphatic heterocycles. The van der Waals surface area contributed by atoms with E-state index in [1.54, 1.807) is 18.5 Å². The standard InChI is InChI=1S/C29H32F2N6/c1-28(2)14-20(15-29(3,4)36-28)37(5)26-12-11-25(34-35-26)21-10-9-18(19-16-32-33-17-19)13-23(21)22-7-6-8-24(30)27(22)31/h6-13,16-17,20,36H,14-15H2,1-5H3,(H,32,33). The second-order valence-corrected chi connectivity index (χ2v) is 11.2. The summed E-state index contributed by atoms with van der Waals surface area (Å²) in [6, 6.07) is 14.0. The molecule has 37 heavy (non-hydrogen) atoms. The molecule has 0 radical (unpaired) electrons. The molecule has 1 aliphatic rings. The maximum atomic E-state index is 14.9. The summed E-state index contributed by atoms with van der Waals surface area (Å²) >= 11 is 0. The van der Waals surface area contributed by atoms with Crippen molar-refractivity contribution in [1.82, 2.24) is 25.7 Å². The first kappa shape index (κ1) is 25.0. The monoisotopic (exact) mass is 502 g/mol. The highest BCUT2D eigenvalue weighted by atomic mass is 19.2. The molecule has 2 N–H and O–H groups in total. The lowest BCUT2D eigenvalue weighted by Crippen LogP contribution is -2.62. The van der Waals surface area contributed by atoms with Gasteiger partial charge in [0.1, 0.15) is 0 Å². The molecule has 0 atom stereocenters. The van der Waals surface area contributed by atoms with Gasteiger partial charge in [0.05, 0.1) is 11.9 Å². The lowest BCUT2D eigenvalue weighted by molar-refractivity contribution is 0.160. The number of rotatable bonds is 5. The van der Waals surface area contributed by atoms with E-state index in [-0.39, 0.29) is 16.6 Å². The van der Waals surface area contributed by atoms with Gasteiger partial charge in [-0.05, 0) is 75.9 Å². The van der Waals surface area contributed by atoms with Gasteiger partial charge < -0.3 is 10.2 Å². The van der Waals surface area contributed by atoms with Crippen LogP contribution in [0, 0.1) is 11.6 Å². The highest BCUT2D eigenvalue weighted by Gasteiger charge is 2.39. The number of halogens is 2. The Hall–Kier alpha value is -3.65. The summed E-state index contributed by atoms with van der Waals surface area (Å²) in [5.41, 5.74) is 3.65. The molecule has 6 nitrogen and oxygen atoms in total. The summed E-state index contributed by atoms with van der Waals surface area (Å²) in [7, 11) is 2.05. The van der Waals surface area contributed by atoms with Crippen LogP contribution in [0.3, 0.4) is 0 Å². The first-order valence-corrected chi connectivity index (χ1v) is 12.5. The van der Waals surface area contributed by atoms with Crippen LogP contribution in [0.1, 0.15) is 40.5 Å². The van der Waals surface area contributed by atoms with E-state index in [9.17, 15) is 8.78 Å². The van der Waals surface area contributed by atoms with E-state index in [4.69, 9.17) is 0 Å². The fourth-order valence-corrected chi connectivity index (χ4v) is 5.68. The number of hydrogen-bond donors (Lipinski definition) is 2. The number of H-pyrrole nitrogens is 1. The largest absolute Gasteiger partial charge is 0.355 e. The summed E-state index contributed by atoms with van der Waals surface area (Å²) in [4.78, 5) is 2.19. The molecule has 5 rings (SSSR count). The Balaban J connectivity index is 1.51. The van der Waals surface area contributed by atoms with Crippen molar-refractivity contribution >= 4 is 5.82 Å². The zero-order valence-corrected chi connectivity index (χ0v) is 21.8. The molecule has 3 heterocycles. The van der Waals surface area contributed by atoms with Crippen molar-refractivity contribution in [2.75, 3.05) is 11.9 Å². The highest BCUT2D eigenvalue weighted by Crippen LogP contribution is 2.37. The van der Waals surface area contributed by atoms with Crippen LogP contribution in [0.5, 0.6) is 0 Å². The fourth-order valence-electron chi connectivity index (χ4n) is 5.68. The van der Waals surface area contributed by atoms with E-state index >= 15 is 0 Å². The molecule has 192 valence electrons. The summed E-state index contributed by atoms with van der Waals surface area (Å²) in [5.74, 6) is -1.02. The Morgan fingerprint density at radius 2 is 1.62 bits per heavy atom. The Morgan fingerprint density at radius 1 is 0.865 bits per heavy atom. The number of benzene rings is 2. The molecule has 0 spiro atoms. The van der Waals surface area contributed by atoms with Gasteiger partial charge in [0, 0.05) is 47.1 Å². The summed E-state index contributed by atoms with van der Waals surface area (Å²) in [5, 5.41) is 19.6. The minimum absolute atomic E-state index is 0.00864. The van der Waals surface area contributed by atoms with Gasteiger partial charge in [-0.3, -0.25) is 5.10 Å². The number of piperidine rings is 1. The van der Waals surface area contributed by atoms with Crippen molar-refractivity contribution in [2.24, 2.45) is 0 Å². The molecule has 0 unspecified atom stereocenters. The van der Waals surface area contributed by atoms with Crippen LogP contribution in [0.4, 0.5) is 14.6 Å². The minimum atomic E-state index is -0.895. The summed E-state index contributed by atoms with van der Waals surface area (Å²) in [6.07, 6.45) is 5.41. The number of hydrogen-bond acceptors (Lipinski definition) is 5.